The third kappa shape index (κ3) is 5.63. The van der Waals surface area contributed by atoms with Gasteiger partial charge in [-0.1, -0.05) is 49.6 Å². The molecule has 176 valence electrons. The third-order valence-electron chi connectivity index (χ3n) is 7.31. The molecule has 0 spiro atoms. The van der Waals surface area contributed by atoms with Gasteiger partial charge in [-0.15, -0.1) is 0 Å². The van der Waals surface area contributed by atoms with Crippen molar-refractivity contribution < 1.29 is 9.59 Å². The quantitative estimate of drug-likeness (QED) is 0.649. The van der Waals surface area contributed by atoms with Crippen molar-refractivity contribution in [1.29, 1.82) is 0 Å². The van der Waals surface area contributed by atoms with Crippen molar-refractivity contribution in [3.63, 3.8) is 0 Å². The monoisotopic (exact) mass is 447 g/mol. The van der Waals surface area contributed by atoms with Crippen molar-refractivity contribution in [2.24, 2.45) is 11.3 Å². The number of likely N-dealkylation sites (tertiary alicyclic amines) is 1. The minimum absolute atomic E-state index is 0.0615. The van der Waals surface area contributed by atoms with Crippen LogP contribution < -0.4 is 5.32 Å². The summed E-state index contributed by atoms with van der Waals surface area (Å²) in [4.78, 5) is 32.9. The number of nitrogens with zero attached hydrogens (tertiary/aromatic N) is 2. The molecule has 1 aliphatic heterocycles. The second-order valence-electron chi connectivity index (χ2n) is 10.3. The SMILES string of the molecule is CC(C)NC(=O)[C@@]1(Cc2ccccc2-c2cccnc2)CCN(C(=O)CC2CCCCC2)C1. The number of nitrogens with one attached hydrogen (secondary N) is 1. The van der Waals surface area contributed by atoms with Crippen LogP contribution in [0.25, 0.3) is 11.1 Å². The topological polar surface area (TPSA) is 62.3 Å². The summed E-state index contributed by atoms with van der Waals surface area (Å²) in [6, 6.07) is 12.3. The molecule has 2 aliphatic rings. The largest absolute Gasteiger partial charge is 0.353 e. The predicted octanol–water partition coefficient (Wildman–Crippen LogP) is 5.00. The molecular formula is C28H37N3O2. The highest BCUT2D eigenvalue weighted by Gasteiger charge is 2.46. The van der Waals surface area contributed by atoms with E-state index in [2.05, 4.69) is 28.5 Å². The summed E-state index contributed by atoms with van der Waals surface area (Å²) >= 11 is 0. The normalized spacial score (nSPS) is 21.4. The van der Waals surface area contributed by atoms with Crippen LogP contribution in [0.1, 0.15) is 64.4 Å². The number of amides is 2. The molecular weight excluding hydrogens is 410 g/mol. The molecule has 1 saturated heterocycles. The van der Waals surface area contributed by atoms with Crippen molar-refractivity contribution in [2.75, 3.05) is 13.1 Å². The number of benzene rings is 1. The van der Waals surface area contributed by atoms with E-state index in [9.17, 15) is 9.59 Å². The van der Waals surface area contributed by atoms with Gasteiger partial charge in [-0.3, -0.25) is 14.6 Å². The van der Waals surface area contributed by atoms with Gasteiger partial charge in [-0.2, -0.15) is 0 Å². The molecule has 0 radical (unpaired) electrons. The van der Waals surface area contributed by atoms with Crippen LogP contribution in [0.3, 0.4) is 0 Å². The smallest absolute Gasteiger partial charge is 0.228 e. The summed E-state index contributed by atoms with van der Waals surface area (Å²) in [5, 5.41) is 3.16. The van der Waals surface area contributed by atoms with Gasteiger partial charge in [-0.05, 0) is 62.6 Å². The van der Waals surface area contributed by atoms with Crippen LogP contribution in [-0.2, 0) is 16.0 Å². The Morgan fingerprint density at radius 1 is 1.12 bits per heavy atom. The van der Waals surface area contributed by atoms with Crippen LogP contribution >= 0.6 is 0 Å². The Morgan fingerprint density at radius 3 is 2.64 bits per heavy atom. The van der Waals surface area contributed by atoms with E-state index in [4.69, 9.17) is 0 Å². The second-order valence-corrected chi connectivity index (χ2v) is 10.3. The van der Waals surface area contributed by atoms with Gasteiger partial charge in [0.2, 0.25) is 11.8 Å². The molecule has 1 aliphatic carbocycles. The molecule has 0 unspecified atom stereocenters. The first-order chi connectivity index (χ1) is 16.0. The first-order valence-corrected chi connectivity index (χ1v) is 12.5. The van der Waals surface area contributed by atoms with E-state index < -0.39 is 5.41 Å². The predicted molar refractivity (Wildman–Crippen MR) is 131 cm³/mol. The molecule has 33 heavy (non-hydrogen) atoms. The number of hydrogen-bond donors (Lipinski definition) is 1. The fourth-order valence-electron chi connectivity index (χ4n) is 5.52. The maximum Gasteiger partial charge on any atom is 0.228 e. The molecule has 4 rings (SSSR count). The Kier molecular flexibility index (Phi) is 7.46. The minimum atomic E-state index is -0.606. The van der Waals surface area contributed by atoms with Crippen molar-refractivity contribution in [3.05, 3.63) is 54.4 Å². The number of rotatable bonds is 7. The number of carbonyl (C=O) groups is 2. The van der Waals surface area contributed by atoms with Crippen LogP contribution in [0.5, 0.6) is 0 Å². The zero-order valence-corrected chi connectivity index (χ0v) is 20.1. The van der Waals surface area contributed by atoms with Gasteiger partial charge < -0.3 is 10.2 Å². The van der Waals surface area contributed by atoms with E-state index in [1.165, 1.54) is 19.3 Å². The fourth-order valence-corrected chi connectivity index (χ4v) is 5.52. The average Bonchev–Trinajstić information content (AvgIpc) is 3.26. The second kappa shape index (κ2) is 10.5. The first kappa shape index (κ1) is 23.5. The van der Waals surface area contributed by atoms with Gasteiger partial charge in [-0.25, -0.2) is 0 Å². The molecule has 1 saturated carbocycles. The van der Waals surface area contributed by atoms with Gasteiger partial charge in [0.25, 0.3) is 0 Å². The van der Waals surface area contributed by atoms with Crippen molar-refractivity contribution in [2.45, 2.75) is 71.3 Å². The number of pyridine rings is 1. The van der Waals surface area contributed by atoms with E-state index in [1.807, 2.05) is 43.1 Å². The Balaban J connectivity index is 1.57. The van der Waals surface area contributed by atoms with E-state index in [0.717, 1.165) is 29.5 Å². The summed E-state index contributed by atoms with van der Waals surface area (Å²) < 4.78 is 0. The number of carbonyl (C=O) groups excluding carboxylic acids is 2. The molecule has 1 aromatic carbocycles. The molecule has 1 atom stereocenters. The highest BCUT2D eigenvalue weighted by Crippen LogP contribution is 2.38. The lowest BCUT2D eigenvalue weighted by Crippen LogP contribution is -2.47. The minimum Gasteiger partial charge on any atom is -0.353 e. The van der Waals surface area contributed by atoms with Gasteiger partial charge in [0.05, 0.1) is 5.41 Å². The van der Waals surface area contributed by atoms with Gasteiger partial charge in [0.1, 0.15) is 0 Å². The highest BCUT2D eigenvalue weighted by atomic mass is 16.2. The average molecular weight is 448 g/mol. The molecule has 1 aromatic heterocycles. The highest BCUT2D eigenvalue weighted by molar-refractivity contribution is 5.86. The molecule has 5 nitrogen and oxygen atoms in total. The lowest BCUT2D eigenvalue weighted by molar-refractivity contribution is -0.134. The summed E-state index contributed by atoms with van der Waals surface area (Å²) in [5.41, 5.74) is 2.68. The Labute approximate surface area is 198 Å². The molecule has 1 N–H and O–H groups in total. The van der Waals surface area contributed by atoms with Crippen LogP contribution in [0, 0.1) is 11.3 Å². The summed E-state index contributed by atoms with van der Waals surface area (Å²) in [5.74, 6) is 0.796. The van der Waals surface area contributed by atoms with Gasteiger partial charge in [0.15, 0.2) is 0 Å². The zero-order valence-electron chi connectivity index (χ0n) is 20.1. The maximum atomic E-state index is 13.5. The van der Waals surface area contributed by atoms with Crippen LogP contribution in [0.15, 0.2) is 48.8 Å². The van der Waals surface area contributed by atoms with Crippen LogP contribution in [0.4, 0.5) is 0 Å². The van der Waals surface area contributed by atoms with Gasteiger partial charge >= 0.3 is 0 Å². The maximum absolute atomic E-state index is 13.5. The van der Waals surface area contributed by atoms with Crippen molar-refractivity contribution >= 4 is 11.8 Å². The summed E-state index contributed by atoms with van der Waals surface area (Å²) in [6.07, 6.45) is 11.7. The van der Waals surface area contributed by atoms with Crippen LogP contribution in [0.2, 0.25) is 0 Å². The molecule has 2 amide bonds. The van der Waals surface area contributed by atoms with Crippen molar-refractivity contribution in [3.8, 4) is 11.1 Å². The van der Waals surface area contributed by atoms with E-state index in [-0.39, 0.29) is 17.9 Å². The van der Waals surface area contributed by atoms with E-state index >= 15 is 0 Å². The number of aromatic nitrogens is 1. The zero-order chi connectivity index (χ0) is 23.3. The first-order valence-electron chi connectivity index (χ1n) is 12.5. The standard InChI is InChI=1S/C28H37N3O2/c1-21(2)30-27(33)28(14-16-31(20-28)26(32)17-22-9-4-3-5-10-22)18-23-11-6-7-13-25(23)24-12-8-15-29-19-24/h6-8,11-13,15,19,21-22H,3-5,9-10,14,16-18,20H2,1-2H3,(H,30,33)/t28-/m1/s1. The van der Waals surface area contributed by atoms with Crippen molar-refractivity contribution in [1.82, 2.24) is 15.2 Å². The van der Waals surface area contributed by atoms with E-state index in [1.54, 1.807) is 6.20 Å². The van der Waals surface area contributed by atoms with Crippen LogP contribution in [-0.4, -0.2) is 40.8 Å². The third-order valence-corrected chi connectivity index (χ3v) is 7.31. The van der Waals surface area contributed by atoms with Gasteiger partial charge in [0, 0.05) is 43.5 Å². The fraction of sp³-hybridized carbons (Fsp3) is 0.536. The molecule has 2 fully saturated rings. The lowest BCUT2D eigenvalue weighted by atomic mass is 9.78. The summed E-state index contributed by atoms with van der Waals surface area (Å²) in [7, 11) is 0. The molecule has 2 aromatic rings. The Hall–Kier alpha value is -2.69. The Bertz CT molecular complexity index is 953. The Morgan fingerprint density at radius 2 is 1.91 bits per heavy atom. The number of hydrogen-bond acceptors (Lipinski definition) is 3. The molecule has 2 heterocycles. The lowest BCUT2D eigenvalue weighted by Gasteiger charge is -2.31. The summed E-state index contributed by atoms with van der Waals surface area (Å²) in [6.45, 7) is 5.15. The molecule has 0 bridgehead atoms. The molecule has 5 heteroatoms. The van der Waals surface area contributed by atoms with E-state index in [0.29, 0.717) is 38.3 Å².